The minimum atomic E-state index is -0.714. The van der Waals surface area contributed by atoms with Crippen molar-refractivity contribution < 1.29 is 13.6 Å². The maximum absolute atomic E-state index is 13.4. The van der Waals surface area contributed by atoms with E-state index in [0.717, 1.165) is 44.9 Å². The molecule has 120 valence electrons. The predicted octanol–water partition coefficient (Wildman–Crippen LogP) is 1.05. The number of likely N-dealkylation sites (N-methyl/N-ethyl adjacent to an activating group) is 1. The molecule has 0 aliphatic carbocycles. The molecule has 1 amide bonds. The van der Waals surface area contributed by atoms with Crippen LogP contribution < -0.4 is 5.43 Å². The van der Waals surface area contributed by atoms with Gasteiger partial charge in [-0.25, -0.2) is 14.2 Å². The van der Waals surface area contributed by atoms with Crippen LogP contribution in [0.3, 0.4) is 0 Å². The Morgan fingerprint density at radius 2 is 1.95 bits per heavy atom. The molecule has 1 aliphatic heterocycles. The molecule has 1 aromatic carbocycles. The van der Waals surface area contributed by atoms with Crippen LogP contribution in [-0.2, 0) is 4.79 Å². The average molecular weight is 310 g/mol. The quantitative estimate of drug-likeness (QED) is 0.653. The first-order valence-corrected chi connectivity index (χ1v) is 7.30. The third kappa shape index (κ3) is 4.85. The highest BCUT2D eigenvalue weighted by molar-refractivity contribution is 5.83. The standard InChI is InChI=1S/C15H20F2N4O/c1-2-20-5-7-21(8-6-20)11-15(22)19-18-10-12-3-4-13(16)9-14(12)17/h3-4,9-10H,2,5-8,11H2,1H3,(H,19,22)/b18-10+. The Kier molecular flexibility index (Phi) is 5.97. The van der Waals surface area contributed by atoms with E-state index in [-0.39, 0.29) is 18.0 Å². The number of amides is 1. The number of piperazine rings is 1. The normalized spacial score (nSPS) is 17.0. The second-order valence-electron chi connectivity index (χ2n) is 5.17. The van der Waals surface area contributed by atoms with E-state index >= 15 is 0 Å². The van der Waals surface area contributed by atoms with E-state index in [0.29, 0.717) is 0 Å². The summed E-state index contributed by atoms with van der Waals surface area (Å²) in [6, 6.07) is 3.18. The lowest BCUT2D eigenvalue weighted by Crippen LogP contribution is -2.48. The van der Waals surface area contributed by atoms with Gasteiger partial charge in [0.25, 0.3) is 5.91 Å². The molecule has 0 spiro atoms. The Balaban J connectivity index is 1.77. The van der Waals surface area contributed by atoms with Crippen molar-refractivity contribution in [2.75, 3.05) is 39.3 Å². The summed E-state index contributed by atoms with van der Waals surface area (Å²) in [6.45, 7) is 7.00. The Morgan fingerprint density at radius 1 is 1.27 bits per heavy atom. The Labute approximate surface area is 128 Å². The summed E-state index contributed by atoms with van der Waals surface area (Å²) in [5.41, 5.74) is 2.48. The van der Waals surface area contributed by atoms with Gasteiger partial charge in [0.1, 0.15) is 11.6 Å². The molecule has 5 nitrogen and oxygen atoms in total. The first kappa shape index (κ1) is 16.5. The molecule has 1 heterocycles. The van der Waals surface area contributed by atoms with Crippen LogP contribution in [0.1, 0.15) is 12.5 Å². The molecule has 2 rings (SSSR count). The van der Waals surface area contributed by atoms with Crippen molar-refractivity contribution in [2.24, 2.45) is 5.10 Å². The summed E-state index contributed by atoms with van der Waals surface area (Å²) >= 11 is 0. The average Bonchev–Trinajstić information content (AvgIpc) is 2.50. The summed E-state index contributed by atoms with van der Waals surface area (Å²) in [5, 5.41) is 3.70. The first-order valence-electron chi connectivity index (χ1n) is 7.30. The van der Waals surface area contributed by atoms with Gasteiger partial charge in [0.15, 0.2) is 0 Å². The number of hydrogen-bond donors (Lipinski definition) is 1. The molecular formula is C15H20F2N4O. The van der Waals surface area contributed by atoms with Gasteiger partial charge in [0, 0.05) is 37.8 Å². The third-order valence-corrected chi connectivity index (χ3v) is 3.63. The molecule has 1 aliphatic rings. The second-order valence-corrected chi connectivity index (χ2v) is 5.17. The number of nitrogens with one attached hydrogen (secondary N) is 1. The van der Waals surface area contributed by atoms with E-state index in [4.69, 9.17) is 0 Å². The zero-order valence-electron chi connectivity index (χ0n) is 12.6. The molecular weight excluding hydrogens is 290 g/mol. The second kappa shape index (κ2) is 7.95. The van der Waals surface area contributed by atoms with Crippen molar-refractivity contribution in [3.63, 3.8) is 0 Å². The van der Waals surface area contributed by atoms with Crippen LogP contribution in [0.5, 0.6) is 0 Å². The maximum Gasteiger partial charge on any atom is 0.254 e. The van der Waals surface area contributed by atoms with Crippen LogP contribution in [0.25, 0.3) is 0 Å². The number of carbonyl (C=O) groups is 1. The van der Waals surface area contributed by atoms with Gasteiger partial charge in [-0.1, -0.05) is 6.92 Å². The van der Waals surface area contributed by atoms with E-state index in [1.165, 1.54) is 12.3 Å². The lowest BCUT2D eigenvalue weighted by molar-refractivity contribution is -0.122. The molecule has 0 aromatic heterocycles. The molecule has 1 aromatic rings. The molecule has 22 heavy (non-hydrogen) atoms. The molecule has 0 atom stereocenters. The van der Waals surface area contributed by atoms with E-state index in [1.54, 1.807) is 0 Å². The van der Waals surface area contributed by atoms with Gasteiger partial charge in [-0.3, -0.25) is 9.69 Å². The lowest BCUT2D eigenvalue weighted by Gasteiger charge is -2.33. The van der Waals surface area contributed by atoms with E-state index < -0.39 is 11.6 Å². The van der Waals surface area contributed by atoms with Crippen molar-refractivity contribution in [2.45, 2.75) is 6.92 Å². The maximum atomic E-state index is 13.4. The van der Waals surface area contributed by atoms with Crippen LogP contribution in [0, 0.1) is 11.6 Å². The molecule has 1 fully saturated rings. The Morgan fingerprint density at radius 3 is 2.59 bits per heavy atom. The Hall–Kier alpha value is -1.86. The highest BCUT2D eigenvalue weighted by Crippen LogP contribution is 2.06. The largest absolute Gasteiger partial charge is 0.301 e. The van der Waals surface area contributed by atoms with Gasteiger partial charge in [-0.05, 0) is 18.7 Å². The summed E-state index contributed by atoms with van der Waals surface area (Å²) in [6.07, 6.45) is 1.17. The SMILES string of the molecule is CCN1CCN(CC(=O)N/N=C/c2ccc(F)cc2F)CC1. The summed E-state index contributed by atoms with van der Waals surface area (Å²) < 4.78 is 26.1. The van der Waals surface area contributed by atoms with Crippen molar-refractivity contribution in [1.82, 2.24) is 15.2 Å². The van der Waals surface area contributed by atoms with Crippen molar-refractivity contribution in [3.05, 3.63) is 35.4 Å². The topological polar surface area (TPSA) is 47.9 Å². The zero-order chi connectivity index (χ0) is 15.9. The van der Waals surface area contributed by atoms with Crippen molar-refractivity contribution in [1.29, 1.82) is 0 Å². The van der Waals surface area contributed by atoms with Crippen LogP contribution in [-0.4, -0.2) is 61.2 Å². The molecule has 7 heteroatoms. The highest BCUT2D eigenvalue weighted by atomic mass is 19.1. The van der Waals surface area contributed by atoms with Gasteiger partial charge < -0.3 is 4.90 Å². The molecule has 1 N–H and O–H groups in total. The minimum Gasteiger partial charge on any atom is -0.301 e. The monoisotopic (exact) mass is 310 g/mol. The molecule has 0 radical (unpaired) electrons. The summed E-state index contributed by atoms with van der Waals surface area (Å²) in [4.78, 5) is 16.1. The fourth-order valence-electron chi connectivity index (χ4n) is 2.28. The van der Waals surface area contributed by atoms with Crippen LogP contribution in [0.4, 0.5) is 8.78 Å². The van der Waals surface area contributed by atoms with Gasteiger partial charge in [-0.15, -0.1) is 0 Å². The van der Waals surface area contributed by atoms with Crippen molar-refractivity contribution in [3.8, 4) is 0 Å². The fourth-order valence-corrected chi connectivity index (χ4v) is 2.28. The molecule has 0 saturated carbocycles. The number of hydrogen-bond acceptors (Lipinski definition) is 4. The summed E-state index contributed by atoms with van der Waals surface area (Å²) in [7, 11) is 0. The zero-order valence-corrected chi connectivity index (χ0v) is 12.6. The number of halogens is 2. The number of carbonyl (C=O) groups excluding carboxylic acids is 1. The number of rotatable bonds is 5. The first-order chi connectivity index (χ1) is 10.6. The highest BCUT2D eigenvalue weighted by Gasteiger charge is 2.17. The lowest BCUT2D eigenvalue weighted by atomic mass is 10.2. The fraction of sp³-hybridized carbons (Fsp3) is 0.467. The van der Waals surface area contributed by atoms with Crippen LogP contribution in [0.15, 0.2) is 23.3 Å². The number of hydrazone groups is 1. The third-order valence-electron chi connectivity index (χ3n) is 3.63. The minimum absolute atomic E-state index is 0.123. The van der Waals surface area contributed by atoms with Gasteiger partial charge in [0.2, 0.25) is 0 Å². The summed E-state index contributed by atoms with van der Waals surface area (Å²) in [5.74, 6) is -1.61. The number of nitrogens with zero attached hydrogens (tertiary/aromatic N) is 3. The molecule has 0 unspecified atom stereocenters. The van der Waals surface area contributed by atoms with E-state index in [9.17, 15) is 13.6 Å². The molecule has 1 saturated heterocycles. The Bertz CT molecular complexity index is 542. The van der Waals surface area contributed by atoms with Gasteiger partial charge in [-0.2, -0.15) is 5.10 Å². The number of benzene rings is 1. The smallest absolute Gasteiger partial charge is 0.254 e. The van der Waals surface area contributed by atoms with E-state index in [2.05, 4.69) is 27.3 Å². The van der Waals surface area contributed by atoms with Crippen LogP contribution in [0.2, 0.25) is 0 Å². The van der Waals surface area contributed by atoms with Crippen LogP contribution >= 0.6 is 0 Å². The molecule has 0 bridgehead atoms. The van der Waals surface area contributed by atoms with Gasteiger partial charge >= 0.3 is 0 Å². The van der Waals surface area contributed by atoms with Crippen molar-refractivity contribution >= 4 is 12.1 Å². The van der Waals surface area contributed by atoms with E-state index in [1.807, 2.05) is 0 Å². The predicted molar refractivity (Wildman–Crippen MR) is 80.6 cm³/mol. The van der Waals surface area contributed by atoms with Gasteiger partial charge in [0.05, 0.1) is 12.8 Å².